The van der Waals surface area contributed by atoms with Crippen molar-refractivity contribution >= 4 is 17.1 Å². The normalized spacial score (nSPS) is 17.2. The van der Waals surface area contributed by atoms with Crippen LogP contribution in [0.3, 0.4) is 0 Å². The lowest BCUT2D eigenvalue weighted by molar-refractivity contribution is -0.129. The molecule has 0 saturated carbocycles. The quantitative estimate of drug-likeness (QED) is 0.727. The molecular formula is C21H24N4O. The van der Waals surface area contributed by atoms with E-state index in [1.54, 1.807) is 0 Å². The molecule has 1 atom stereocenters. The van der Waals surface area contributed by atoms with E-state index in [0.29, 0.717) is 6.42 Å². The zero-order valence-electron chi connectivity index (χ0n) is 15.4. The van der Waals surface area contributed by atoms with Gasteiger partial charge in [-0.15, -0.1) is 0 Å². The van der Waals surface area contributed by atoms with E-state index in [4.69, 9.17) is 4.98 Å². The molecule has 1 aromatic carbocycles. The van der Waals surface area contributed by atoms with Crippen molar-refractivity contribution in [3.8, 4) is 0 Å². The summed E-state index contributed by atoms with van der Waals surface area (Å²) in [5.74, 6) is 1.55. The number of imidazole rings is 1. The molecular weight excluding hydrogens is 324 g/mol. The first-order chi connectivity index (χ1) is 12.7. The van der Waals surface area contributed by atoms with Crippen LogP contribution in [0.4, 0.5) is 0 Å². The molecule has 0 bridgehead atoms. The fourth-order valence-electron chi connectivity index (χ4n) is 3.91. The number of pyridine rings is 1. The Labute approximate surface area is 153 Å². The minimum Gasteiger partial charge on any atom is -0.342 e. The maximum absolute atomic E-state index is 12.7. The first kappa shape index (κ1) is 16.8. The second-order valence-corrected chi connectivity index (χ2v) is 7.05. The fourth-order valence-corrected chi connectivity index (χ4v) is 3.91. The highest BCUT2D eigenvalue weighted by Crippen LogP contribution is 2.29. The second kappa shape index (κ2) is 6.90. The molecule has 0 aliphatic carbocycles. The Morgan fingerprint density at radius 2 is 2.15 bits per heavy atom. The predicted octanol–water partition coefficient (Wildman–Crippen LogP) is 3.32. The van der Waals surface area contributed by atoms with E-state index in [1.807, 2.05) is 35.4 Å². The Hall–Kier alpha value is -2.69. The van der Waals surface area contributed by atoms with Crippen molar-refractivity contribution in [2.75, 3.05) is 13.1 Å². The second-order valence-electron chi connectivity index (χ2n) is 7.05. The molecule has 1 aliphatic heterocycles. The number of aromatic nitrogens is 3. The van der Waals surface area contributed by atoms with Gasteiger partial charge in [-0.05, 0) is 38.0 Å². The molecule has 2 aromatic heterocycles. The molecule has 1 amide bonds. The van der Waals surface area contributed by atoms with E-state index >= 15 is 0 Å². The number of amides is 1. The minimum atomic E-state index is 0.204. The molecule has 26 heavy (non-hydrogen) atoms. The zero-order chi connectivity index (χ0) is 18.1. The molecule has 1 saturated heterocycles. The van der Waals surface area contributed by atoms with Gasteiger partial charge in [0.15, 0.2) is 5.65 Å². The van der Waals surface area contributed by atoms with Crippen LogP contribution in [0.2, 0.25) is 0 Å². The average molecular weight is 348 g/mol. The highest BCUT2D eigenvalue weighted by molar-refractivity contribution is 5.79. The predicted molar refractivity (Wildman–Crippen MR) is 102 cm³/mol. The molecule has 0 N–H and O–H groups in total. The summed E-state index contributed by atoms with van der Waals surface area (Å²) in [4.78, 5) is 24.0. The molecule has 1 fully saturated rings. The largest absolute Gasteiger partial charge is 0.342 e. The van der Waals surface area contributed by atoms with E-state index in [1.165, 1.54) is 5.56 Å². The number of aryl methyl sites for hydroxylation is 2. The van der Waals surface area contributed by atoms with E-state index < -0.39 is 0 Å². The Morgan fingerprint density at radius 1 is 1.27 bits per heavy atom. The van der Waals surface area contributed by atoms with E-state index in [-0.39, 0.29) is 11.8 Å². The molecule has 1 aliphatic rings. The summed E-state index contributed by atoms with van der Waals surface area (Å²) in [6.07, 6.45) is 3.25. The standard InChI is InChI=1S/C21H24N4O/c1-3-25-20(23-18-8-5-10-22-21(18)25)17-9-11-24(14-17)19(26)13-16-7-4-6-15(2)12-16/h4-8,10,12,17H,3,9,11,13-14H2,1-2H3/t17-/m1/s1. The summed E-state index contributed by atoms with van der Waals surface area (Å²) in [6, 6.07) is 12.1. The van der Waals surface area contributed by atoms with Gasteiger partial charge in [0.2, 0.25) is 5.91 Å². The average Bonchev–Trinajstić information content (AvgIpc) is 3.26. The number of hydrogen-bond donors (Lipinski definition) is 0. The van der Waals surface area contributed by atoms with E-state index in [2.05, 4.69) is 35.5 Å². The van der Waals surface area contributed by atoms with Gasteiger partial charge in [0, 0.05) is 31.7 Å². The highest BCUT2D eigenvalue weighted by Gasteiger charge is 2.30. The van der Waals surface area contributed by atoms with Gasteiger partial charge in [0.1, 0.15) is 11.3 Å². The van der Waals surface area contributed by atoms with Gasteiger partial charge in [0.25, 0.3) is 0 Å². The lowest BCUT2D eigenvalue weighted by Gasteiger charge is -2.17. The van der Waals surface area contributed by atoms with E-state index in [0.717, 1.165) is 48.6 Å². The number of hydrogen-bond acceptors (Lipinski definition) is 3. The van der Waals surface area contributed by atoms with Crippen LogP contribution in [-0.4, -0.2) is 38.4 Å². The number of benzene rings is 1. The third kappa shape index (κ3) is 3.09. The highest BCUT2D eigenvalue weighted by atomic mass is 16.2. The third-order valence-electron chi connectivity index (χ3n) is 5.19. The van der Waals surface area contributed by atoms with Crippen LogP contribution in [-0.2, 0) is 17.8 Å². The summed E-state index contributed by atoms with van der Waals surface area (Å²) < 4.78 is 2.19. The lowest BCUT2D eigenvalue weighted by atomic mass is 10.1. The van der Waals surface area contributed by atoms with Gasteiger partial charge in [-0.3, -0.25) is 4.79 Å². The first-order valence-corrected chi connectivity index (χ1v) is 9.30. The molecule has 5 heteroatoms. The van der Waals surface area contributed by atoms with Crippen molar-refractivity contribution in [3.63, 3.8) is 0 Å². The number of carbonyl (C=O) groups is 1. The van der Waals surface area contributed by atoms with Gasteiger partial charge in [-0.1, -0.05) is 29.8 Å². The van der Waals surface area contributed by atoms with Gasteiger partial charge in [-0.2, -0.15) is 0 Å². The number of likely N-dealkylation sites (tertiary alicyclic amines) is 1. The molecule has 3 aromatic rings. The zero-order valence-corrected chi connectivity index (χ0v) is 15.4. The Morgan fingerprint density at radius 3 is 2.96 bits per heavy atom. The van der Waals surface area contributed by atoms with Crippen LogP contribution in [0.1, 0.15) is 36.2 Å². The van der Waals surface area contributed by atoms with Crippen LogP contribution in [0, 0.1) is 6.92 Å². The summed E-state index contributed by atoms with van der Waals surface area (Å²) in [7, 11) is 0. The smallest absolute Gasteiger partial charge is 0.227 e. The van der Waals surface area contributed by atoms with Crippen LogP contribution < -0.4 is 0 Å². The fraction of sp³-hybridized carbons (Fsp3) is 0.381. The Balaban J connectivity index is 1.51. The van der Waals surface area contributed by atoms with Gasteiger partial charge in [0.05, 0.1) is 6.42 Å². The van der Waals surface area contributed by atoms with E-state index in [9.17, 15) is 4.79 Å². The molecule has 3 heterocycles. The van der Waals surface area contributed by atoms with Crippen molar-refractivity contribution in [1.29, 1.82) is 0 Å². The lowest BCUT2D eigenvalue weighted by Crippen LogP contribution is -2.30. The van der Waals surface area contributed by atoms with Crippen molar-refractivity contribution in [2.45, 2.75) is 39.2 Å². The first-order valence-electron chi connectivity index (χ1n) is 9.30. The number of fused-ring (bicyclic) bond motifs is 1. The van der Waals surface area contributed by atoms with Crippen molar-refractivity contribution in [2.24, 2.45) is 0 Å². The monoisotopic (exact) mass is 348 g/mol. The van der Waals surface area contributed by atoms with Crippen LogP contribution >= 0.6 is 0 Å². The maximum Gasteiger partial charge on any atom is 0.227 e. The number of carbonyl (C=O) groups excluding carboxylic acids is 1. The third-order valence-corrected chi connectivity index (χ3v) is 5.19. The summed E-state index contributed by atoms with van der Waals surface area (Å²) in [6.45, 7) is 6.57. The number of nitrogens with zero attached hydrogens (tertiary/aromatic N) is 4. The summed E-state index contributed by atoms with van der Waals surface area (Å²) in [5, 5.41) is 0. The molecule has 5 nitrogen and oxygen atoms in total. The Kier molecular flexibility index (Phi) is 4.45. The maximum atomic E-state index is 12.7. The van der Waals surface area contributed by atoms with Crippen molar-refractivity contribution in [3.05, 3.63) is 59.5 Å². The minimum absolute atomic E-state index is 0.204. The topological polar surface area (TPSA) is 51.0 Å². The SMILES string of the molecule is CCn1c([C@@H]2CCN(C(=O)Cc3cccc(C)c3)C2)nc2cccnc21. The van der Waals surface area contributed by atoms with Crippen molar-refractivity contribution < 1.29 is 4.79 Å². The summed E-state index contributed by atoms with van der Waals surface area (Å²) >= 11 is 0. The van der Waals surface area contributed by atoms with Gasteiger partial charge >= 0.3 is 0 Å². The molecule has 134 valence electrons. The van der Waals surface area contributed by atoms with Crippen molar-refractivity contribution in [1.82, 2.24) is 19.4 Å². The van der Waals surface area contributed by atoms with Gasteiger partial charge < -0.3 is 9.47 Å². The number of rotatable bonds is 4. The van der Waals surface area contributed by atoms with Crippen LogP contribution in [0.5, 0.6) is 0 Å². The molecule has 0 spiro atoms. The molecule has 0 radical (unpaired) electrons. The van der Waals surface area contributed by atoms with Crippen LogP contribution in [0.15, 0.2) is 42.6 Å². The molecule has 0 unspecified atom stereocenters. The van der Waals surface area contributed by atoms with Gasteiger partial charge in [-0.25, -0.2) is 9.97 Å². The summed E-state index contributed by atoms with van der Waals surface area (Å²) in [5.41, 5.74) is 4.16. The molecule has 4 rings (SSSR count). The Bertz CT molecular complexity index is 946. The van der Waals surface area contributed by atoms with Crippen LogP contribution in [0.25, 0.3) is 11.2 Å².